The van der Waals surface area contributed by atoms with Gasteiger partial charge < -0.3 is 10.2 Å². The molecule has 2 heterocycles. The number of hydrogen-bond acceptors (Lipinski definition) is 3. The lowest BCUT2D eigenvalue weighted by molar-refractivity contribution is 0.373. The van der Waals surface area contributed by atoms with Crippen LogP contribution in [0.5, 0.6) is 0 Å². The van der Waals surface area contributed by atoms with Crippen molar-refractivity contribution in [3.05, 3.63) is 24.3 Å². The summed E-state index contributed by atoms with van der Waals surface area (Å²) in [6.07, 6.45) is 3.97. The molecule has 1 unspecified atom stereocenters. The third kappa shape index (κ3) is 3.84. The van der Waals surface area contributed by atoms with Crippen LogP contribution in [0.4, 0.5) is 5.69 Å². The summed E-state index contributed by atoms with van der Waals surface area (Å²) < 4.78 is 0. The van der Waals surface area contributed by atoms with E-state index in [0.717, 1.165) is 11.2 Å². The van der Waals surface area contributed by atoms with Crippen molar-refractivity contribution in [2.75, 3.05) is 31.1 Å². The Bertz CT molecular complexity index is 421. The van der Waals surface area contributed by atoms with Crippen LogP contribution in [0.3, 0.4) is 0 Å². The van der Waals surface area contributed by atoms with Gasteiger partial charge in [0.05, 0.1) is 5.69 Å². The summed E-state index contributed by atoms with van der Waals surface area (Å²) in [6.45, 7) is 7.22. The SMILES string of the molecule is CC1CCN(CC2CCNCC2)c2ccccc2S1.Cl. The molecule has 1 atom stereocenters. The molecule has 112 valence electrons. The van der Waals surface area contributed by atoms with Crippen molar-refractivity contribution in [1.82, 2.24) is 5.32 Å². The quantitative estimate of drug-likeness (QED) is 0.894. The van der Waals surface area contributed by atoms with Crippen LogP contribution in [-0.4, -0.2) is 31.4 Å². The van der Waals surface area contributed by atoms with Gasteiger partial charge in [0.1, 0.15) is 0 Å². The van der Waals surface area contributed by atoms with Crippen molar-refractivity contribution in [3.63, 3.8) is 0 Å². The molecule has 1 aromatic carbocycles. The van der Waals surface area contributed by atoms with Crippen molar-refractivity contribution in [1.29, 1.82) is 0 Å². The highest BCUT2D eigenvalue weighted by atomic mass is 35.5. The molecule has 2 nitrogen and oxygen atoms in total. The Morgan fingerprint density at radius 1 is 1.20 bits per heavy atom. The maximum absolute atomic E-state index is 3.47. The maximum Gasteiger partial charge on any atom is 0.0504 e. The standard InChI is InChI=1S/C16H24N2S.ClH/c1-13-8-11-18(12-14-6-9-17-10-7-14)15-4-2-3-5-16(15)19-13;/h2-5,13-14,17H,6-12H2,1H3;1H. The first-order valence-electron chi connectivity index (χ1n) is 7.54. The third-order valence-corrected chi connectivity index (χ3v) is 5.51. The van der Waals surface area contributed by atoms with Crippen LogP contribution in [0, 0.1) is 5.92 Å². The second kappa shape index (κ2) is 7.58. The van der Waals surface area contributed by atoms with Crippen LogP contribution in [-0.2, 0) is 0 Å². The second-order valence-electron chi connectivity index (χ2n) is 5.82. The molecule has 3 rings (SSSR count). The van der Waals surface area contributed by atoms with Crippen LogP contribution in [0.25, 0.3) is 0 Å². The lowest BCUT2D eigenvalue weighted by atomic mass is 9.97. The van der Waals surface area contributed by atoms with Crippen LogP contribution in [0.15, 0.2) is 29.2 Å². The number of thioether (sulfide) groups is 1. The summed E-state index contributed by atoms with van der Waals surface area (Å²) in [4.78, 5) is 4.11. The van der Waals surface area contributed by atoms with Crippen molar-refractivity contribution in [2.24, 2.45) is 5.92 Å². The molecule has 0 saturated carbocycles. The van der Waals surface area contributed by atoms with Gasteiger partial charge in [0.25, 0.3) is 0 Å². The Labute approximate surface area is 133 Å². The highest BCUT2D eigenvalue weighted by molar-refractivity contribution is 8.00. The Hall–Kier alpha value is -0.380. The molecule has 1 N–H and O–H groups in total. The molecule has 1 saturated heterocycles. The Morgan fingerprint density at radius 2 is 1.95 bits per heavy atom. The van der Waals surface area contributed by atoms with E-state index in [-0.39, 0.29) is 12.4 Å². The van der Waals surface area contributed by atoms with E-state index >= 15 is 0 Å². The number of piperidine rings is 1. The van der Waals surface area contributed by atoms with Crippen LogP contribution in [0.1, 0.15) is 26.2 Å². The number of halogens is 1. The van der Waals surface area contributed by atoms with Gasteiger partial charge in [-0.15, -0.1) is 24.2 Å². The normalized spacial score (nSPS) is 23.6. The largest absolute Gasteiger partial charge is 0.370 e. The first-order chi connectivity index (χ1) is 9.33. The van der Waals surface area contributed by atoms with E-state index in [1.54, 1.807) is 0 Å². The van der Waals surface area contributed by atoms with Gasteiger partial charge in [-0.25, -0.2) is 0 Å². The molecule has 0 spiro atoms. The van der Waals surface area contributed by atoms with Gasteiger partial charge in [-0.2, -0.15) is 0 Å². The number of para-hydroxylation sites is 1. The summed E-state index contributed by atoms with van der Waals surface area (Å²) >= 11 is 2.04. The van der Waals surface area contributed by atoms with Crippen molar-refractivity contribution < 1.29 is 0 Å². The summed E-state index contributed by atoms with van der Waals surface area (Å²) in [5.41, 5.74) is 1.47. The van der Waals surface area contributed by atoms with Crippen LogP contribution < -0.4 is 10.2 Å². The number of benzene rings is 1. The van der Waals surface area contributed by atoms with E-state index < -0.39 is 0 Å². The molecule has 0 bridgehead atoms. The highest BCUT2D eigenvalue weighted by Crippen LogP contribution is 2.37. The molecule has 2 aliphatic rings. The number of nitrogens with zero attached hydrogens (tertiary/aromatic N) is 1. The average Bonchev–Trinajstić information content (AvgIpc) is 2.60. The zero-order valence-electron chi connectivity index (χ0n) is 12.2. The van der Waals surface area contributed by atoms with Gasteiger partial charge in [-0.3, -0.25) is 0 Å². The Morgan fingerprint density at radius 3 is 2.75 bits per heavy atom. The van der Waals surface area contributed by atoms with Gasteiger partial charge in [0.2, 0.25) is 0 Å². The summed E-state index contributed by atoms with van der Waals surface area (Å²) in [6, 6.07) is 8.95. The molecular weight excluding hydrogens is 288 g/mol. The predicted molar refractivity (Wildman–Crippen MR) is 91.4 cm³/mol. The van der Waals surface area contributed by atoms with E-state index in [0.29, 0.717) is 0 Å². The molecular formula is C16H25ClN2S. The van der Waals surface area contributed by atoms with Gasteiger partial charge in [-0.05, 0) is 50.4 Å². The molecule has 0 amide bonds. The monoisotopic (exact) mass is 312 g/mol. The van der Waals surface area contributed by atoms with Crippen molar-refractivity contribution >= 4 is 29.9 Å². The smallest absolute Gasteiger partial charge is 0.0504 e. The van der Waals surface area contributed by atoms with Gasteiger partial charge in [0, 0.05) is 23.2 Å². The third-order valence-electron chi connectivity index (χ3n) is 4.28. The average molecular weight is 313 g/mol. The van der Waals surface area contributed by atoms with E-state index in [2.05, 4.69) is 41.4 Å². The fourth-order valence-corrected chi connectivity index (χ4v) is 4.25. The minimum atomic E-state index is 0. The minimum Gasteiger partial charge on any atom is -0.370 e. The van der Waals surface area contributed by atoms with E-state index in [4.69, 9.17) is 0 Å². The number of anilines is 1. The van der Waals surface area contributed by atoms with Gasteiger partial charge in [-0.1, -0.05) is 19.1 Å². The summed E-state index contributed by atoms with van der Waals surface area (Å²) in [5.74, 6) is 0.868. The number of rotatable bonds is 2. The van der Waals surface area contributed by atoms with E-state index in [1.807, 2.05) is 11.8 Å². The van der Waals surface area contributed by atoms with Gasteiger partial charge in [0.15, 0.2) is 0 Å². The lowest BCUT2D eigenvalue weighted by Gasteiger charge is -2.31. The molecule has 1 fully saturated rings. The highest BCUT2D eigenvalue weighted by Gasteiger charge is 2.22. The molecule has 20 heavy (non-hydrogen) atoms. The number of nitrogens with one attached hydrogen (secondary N) is 1. The minimum absolute atomic E-state index is 0. The zero-order valence-corrected chi connectivity index (χ0v) is 13.8. The van der Waals surface area contributed by atoms with Gasteiger partial charge >= 0.3 is 0 Å². The molecule has 4 heteroatoms. The lowest BCUT2D eigenvalue weighted by Crippen LogP contribution is -2.36. The Balaban J connectivity index is 0.00000147. The molecule has 0 radical (unpaired) electrons. The van der Waals surface area contributed by atoms with Crippen LogP contribution in [0.2, 0.25) is 0 Å². The number of hydrogen-bond donors (Lipinski definition) is 1. The van der Waals surface area contributed by atoms with Crippen molar-refractivity contribution in [2.45, 2.75) is 36.3 Å². The Kier molecular flexibility index (Phi) is 6.06. The van der Waals surface area contributed by atoms with E-state index in [1.165, 1.54) is 56.0 Å². The topological polar surface area (TPSA) is 15.3 Å². The number of fused-ring (bicyclic) bond motifs is 1. The predicted octanol–water partition coefficient (Wildman–Crippen LogP) is 3.80. The molecule has 0 aliphatic carbocycles. The maximum atomic E-state index is 3.47. The fourth-order valence-electron chi connectivity index (χ4n) is 3.12. The molecule has 2 aliphatic heterocycles. The molecule has 1 aromatic rings. The molecule has 0 aromatic heterocycles. The summed E-state index contributed by atoms with van der Waals surface area (Å²) in [7, 11) is 0. The van der Waals surface area contributed by atoms with Crippen LogP contribution >= 0.6 is 24.2 Å². The first-order valence-corrected chi connectivity index (χ1v) is 8.42. The second-order valence-corrected chi connectivity index (χ2v) is 7.30. The fraction of sp³-hybridized carbons (Fsp3) is 0.625. The summed E-state index contributed by atoms with van der Waals surface area (Å²) in [5, 5.41) is 4.20. The van der Waals surface area contributed by atoms with E-state index in [9.17, 15) is 0 Å². The zero-order chi connectivity index (χ0) is 13.1. The first kappa shape index (κ1) is 16.0. The van der Waals surface area contributed by atoms with Crippen molar-refractivity contribution in [3.8, 4) is 0 Å².